The summed E-state index contributed by atoms with van der Waals surface area (Å²) in [6.45, 7) is 5.84. The van der Waals surface area contributed by atoms with E-state index in [1.807, 2.05) is 20.8 Å². The maximum atomic E-state index is 12.0. The van der Waals surface area contributed by atoms with E-state index in [1.165, 1.54) is 0 Å². The van der Waals surface area contributed by atoms with Gasteiger partial charge in [-0.1, -0.05) is 31.5 Å². The first-order chi connectivity index (χ1) is 8.36. The van der Waals surface area contributed by atoms with Crippen LogP contribution in [0.4, 0.5) is 0 Å². The molecular formula is C13H21NO3S. The second-order valence-corrected chi connectivity index (χ2v) is 6.38. The fraction of sp³-hybridized carbons (Fsp3) is 0.538. The van der Waals surface area contributed by atoms with Crippen LogP contribution in [0.25, 0.3) is 0 Å². The number of aryl methyl sites for hydroxylation is 1. The molecule has 18 heavy (non-hydrogen) atoms. The Bertz CT molecular complexity index is 468. The Kier molecular flexibility index (Phi) is 5.31. The van der Waals surface area contributed by atoms with Crippen molar-refractivity contribution in [3.63, 3.8) is 0 Å². The molecule has 0 aromatic heterocycles. The predicted molar refractivity (Wildman–Crippen MR) is 71.8 cm³/mol. The molecule has 0 fully saturated rings. The lowest BCUT2D eigenvalue weighted by Crippen LogP contribution is -2.33. The molecule has 0 radical (unpaired) electrons. The van der Waals surface area contributed by atoms with Crippen molar-refractivity contribution in [1.29, 1.82) is 0 Å². The van der Waals surface area contributed by atoms with Crippen LogP contribution in [0.2, 0.25) is 0 Å². The summed E-state index contributed by atoms with van der Waals surface area (Å²) in [5.74, 6) is -0.102. The number of hydrogen-bond acceptors (Lipinski definition) is 3. The lowest BCUT2D eigenvalue weighted by molar-refractivity contribution is 0.115. The van der Waals surface area contributed by atoms with Gasteiger partial charge in [0, 0.05) is 6.54 Å². The maximum absolute atomic E-state index is 12.0. The van der Waals surface area contributed by atoms with Crippen molar-refractivity contribution in [3.8, 4) is 0 Å². The summed E-state index contributed by atoms with van der Waals surface area (Å²) < 4.78 is 26.5. The summed E-state index contributed by atoms with van der Waals surface area (Å²) in [7, 11) is -3.47. The van der Waals surface area contributed by atoms with Crippen molar-refractivity contribution >= 4 is 10.0 Å². The average molecular weight is 271 g/mol. The highest BCUT2D eigenvalue weighted by molar-refractivity contribution is 7.89. The van der Waals surface area contributed by atoms with Crippen LogP contribution in [0.3, 0.4) is 0 Å². The quantitative estimate of drug-likeness (QED) is 0.827. The van der Waals surface area contributed by atoms with Crippen LogP contribution in [0.5, 0.6) is 0 Å². The Balaban J connectivity index is 2.68. The molecule has 2 atom stereocenters. The van der Waals surface area contributed by atoms with E-state index < -0.39 is 16.1 Å². The van der Waals surface area contributed by atoms with Crippen LogP contribution in [0.15, 0.2) is 29.2 Å². The molecule has 1 aromatic rings. The zero-order valence-corrected chi connectivity index (χ0v) is 11.9. The summed E-state index contributed by atoms with van der Waals surface area (Å²) in [5, 5.41) is 9.60. The Morgan fingerprint density at radius 1 is 1.28 bits per heavy atom. The normalized spacial score (nSPS) is 15.3. The average Bonchev–Trinajstić information content (AvgIpc) is 2.35. The van der Waals surface area contributed by atoms with Gasteiger partial charge in [-0.25, -0.2) is 13.1 Å². The lowest BCUT2D eigenvalue weighted by atomic mass is 10.0. The highest BCUT2D eigenvalue weighted by atomic mass is 32.2. The molecule has 102 valence electrons. The van der Waals surface area contributed by atoms with Crippen molar-refractivity contribution in [2.75, 3.05) is 6.54 Å². The third-order valence-corrected chi connectivity index (χ3v) is 4.44. The molecule has 0 heterocycles. The minimum Gasteiger partial charge on any atom is -0.393 e. The van der Waals surface area contributed by atoms with E-state index in [9.17, 15) is 13.5 Å². The van der Waals surface area contributed by atoms with Crippen molar-refractivity contribution in [1.82, 2.24) is 4.72 Å². The second-order valence-electron chi connectivity index (χ2n) is 4.62. The Hall–Kier alpha value is -0.910. The minimum absolute atomic E-state index is 0.102. The number of hydrogen-bond donors (Lipinski definition) is 2. The lowest BCUT2D eigenvalue weighted by Gasteiger charge is -2.17. The zero-order chi connectivity index (χ0) is 13.8. The number of rotatable bonds is 6. The maximum Gasteiger partial charge on any atom is 0.240 e. The fourth-order valence-corrected chi connectivity index (χ4v) is 2.72. The monoisotopic (exact) mass is 271 g/mol. The third kappa shape index (κ3) is 4.08. The second kappa shape index (κ2) is 6.31. The van der Waals surface area contributed by atoms with Gasteiger partial charge in [0.25, 0.3) is 0 Å². The van der Waals surface area contributed by atoms with Gasteiger partial charge < -0.3 is 5.11 Å². The van der Waals surface area contributed by atoms with E-state index in [2.05, 4.69) is 4.72 Å². The van der Waals surface area contributed by atoms with Gasteiger partial charge in [-0.15, -0.1) is 0 Å². The van der Waals surface area contributed by atoms with E-state index in [0.717, 1.165) is 5.56 Å². The highest BCUT2D eigenvalue weighted by Gasteiger charge is 2.17. The molecule has 0 aliphatic heterocycles. The molecule has 0 amide bonds. The first-order valence-electron chi connectivity index (χ1n) is 6.11. The summed E-state index contributed by atoms with van der Waals surface area (Å²) in [5.41, 5.74) is 1.02. The number of sulfonamides is 1. The van der Waals surface area contributed by atoms with Crippen molar-refractivity contribution in [2.45, 2.75) is 38.2 Å². The van der Waals surface area contributed by atoms with Crippen LogP contribution in [-0.2, 0) is 10.0 Å². The molecule has 5 heteroatoms. The molecule has 0 saturated heterocycles. The standard InChI is InChI=1S/C13H21NO3S/c1-4-13(15)11(3)9-14-18(16,17)12-7-5-10(2)6-8-12/h5-8,11,13-15H,4,9H2,1-3H3/t11-,13-/m0/s1. The first-order valence-corrected chi connectivity index (χ1v) is 7.59. The van der Waals surface area contributed by atoms with E-state index in [4.69, 9.17) is 0 Å². The van der Waals surface area contributed by atoms with Gasteiger partial charge in [-0.2, -0.15) is 0 Å². The van der Waals surface area contributed by atoms with E-state index in [0.29, 0.717) is 6.42 Å². The Labute approximate surface area is 109 Å². The van der Waals surface area contributed by atoms with Crippen LogP contribution in [-0.4, -0.2) is 26.2 Å². The van der Waals surface area contributed by atoms with Crippen molar-refractivity contribution in [2.24, 2.45) is 5.92 Å². The van der Waals surface area contributed by atoms with Crippen molar-refractivity contribution in [3.05, 3.63) is 29.8 Å². The highest BCUT2D eigenvalue weighted by Crippen LogP contribution is 2.11. The Morgan fingerprint density at radius 3 is 2.33 bits per heavy atom. The number of aliphatic hydroxyl groups excluding tert-OH is 1. The molecule has 1 aromatic carbocycles. The Morgan fingerprint density at radius 2 is 1.83 bits per heavy atom. The fourth-order valence-electron chi connectivity index (χ4n) is 1.58. The van der Waals surface area contributed by atoms with Gasteiger partial charge >= 0.3 is 0 Å². The van der Waals surface area contributed by atoms with Gasteiger partial charge in [0.2, 0.25) is 10.0 Å². The summed E-state index contributed by atoms with van der Waals surface area (Å²) >= 11 is 0. The van der Waals surface area contributed by atoms with Gasteiger partial charge in [0.05, 0.1) is 11.0 Å². The van der Waals surface area contributed by atoms with E-state index in [1.54, 1.807) is 24.3 Å². The topological polar surface area (TPSA) is 66.4 Å². The largest absolute Gasteiger partial charge is 0.393 e. The molecule has 0 unspecified atom stereocenters. The summed E-state index contributed by atoms with van der Waals surface area (Å²) in [6.07, 6.45) is 0.138. The van der Waals surface area contributed by atoms with Crippen molar-refractivity contribution < 1.29 is 13.5 Å². The molecule has 2 N–H and O–H groups in total. The third-order valence-electron chi connectivity index (χ3n) is 3.00. The van der Waals surface area contributed by atoms with Crippen LogP contribution >= 0.6 is 0 Å². The molecule has 0 spiro atoms. The molecule has 0 aliphatic carbocycles. The van der Waals surface area contributed by atoms with Gasteiger partial charge in [0.15, 0.2) is 0 Å². The van der Waals surface area contributed by atoms with Gasteiger partial charge in [0.1, 0.15) is 0 Å². The SMILES string of the molecule is CC[C@H](O)[C@@H](C)CNS(=O)(=O)c1ccc(C)cc1. The molecular weight excluding hydrogens is 250 g/mol. The predicted octanol–water partition coefficient (Wildman–Crippen LogP) is 1.68. The van der Waals surface area contributed by atoms with Gasteiger partial charge in [-0.05, 0) is 31.4 Å². The molecule has 4 nitrogen and oxygen atoms in total. The molecule has 1 rings (SSSR count). The minimum atomic E-state index is -3.47. The van der Waals surface area contributed by atoms with Gasteiger partial charge in [-0.3, -0.25) is 0 Å². The van der Waals surface area contributed by atoms with E-state index in [-0.39, 0.29) is 17.4 Å². The van der Waals surface area contributed by atoms with Crippen LogP contribution < -0.4 is 4.72 Å². The zero-order valence-electron chi connectivity index (χ0n) is 11.1. The molecule has 0 aliphatic rings. The van der Waals surface area contributed by atoms with Crippen LogP contribution in [0, 0.1) is 12.8 Å². The molecule has 0 bridgehead atoms. The summed E-state index contributed by atoms with van der Waals surface area (Å²) in [4.78, 5) is 0.256. The number of benzene rings is 1. The van der Waals surface area contributed by atoms with Crippen LogP contribution in [0.1, 0.15) is 25.8 Å². The summed E-state index contributed by atoms with van der Waals surface area (Å²) in [6, 6.07) is 6.69. The van der Waals surface area contributed by atoms with E-state index >= 15 is 0 Å². The number of aliphatic hydroxyl groups is 1. The number of nitrogens with one attached hydrogen (secondary N) is 1. The smallest absolute Gasteiger partial charge is 0.240 e. The molecule has 0 saturated carbocycles. The first kappa shape index (κ1) is 15.1.